The van der Waals surface area contributed by atoms with Gasteiger partial charge in [-0.15, -0.1) is 11.3 Å². The fourth-order valence-corrected chi connectivity index (χ4v) is 3.98. The van der Waals surface area contributed by atoms with Gasteiger partial charge in [0.15, 0.2) is 0 Å². The predicted molar refractivity (Wildman–Crippen MR) is 73.8 cm³/mol. The van der Waals surface area contributed by atoms with Crippen LogP contribution in [0.1, 0.15) is 34.6 Å². The van der Waals surface area contributed by atoms with E-state index in [1.165, 1.54) is 30.6 Å². The third kappa shape index (κ3) is 3.07. The molecule has 1 aliphatic rings. The highest BCUT2D eigenvalue weighted by Crippen LogP contribution is 2.32. The number of nitrogens with one attached hydrogen (secondary N) is 1. The molecule has 1 fully saturated rings. The molecule has 94 valence electrons. The first kappa shape index (κ1) is 13.0. The largest absolute Gasteiger partial charge is 0.351 e. The molecule has 17 heavy (non-hydrogen) atoms. The number of aromatic nitrogens is 1. The topological polar surface area (TPSA) is 42.0 Å². The minimum Gasteiger partial charge on any atom is -0.351 e. The summed E-state index contributed by atoms with van der Waals surface area (Å²) in [5.74, 6) is 1.38. The van der Waals surface area contributed by atoms with Gasteiger partial charge in [-0.25, -0.2) is 4.98 Å². The van der Waals surface area contributed by atoms with Crippen molar-refractivity contribution in [1.29, 1.82) is 0 Å². The molecule has 1 saturated carbocycles. The summed E-state index contributed by atoms with van der Waals surface area (Å²) in [6, 6.07) is 0. The molecule has 2 atom stereocenters. The van der Waals surface area contributed by atoms with Crippen molar-refractivity contribution in [3.8, 4) is 0 Å². The summed E-state index contributed by atoms with van der Waals surface area (Å²) in [5.41, 5.74) is 2.55. The van der Waals surface area contributed by atoms with Gasteiger partial charge in [-0.1, -0.05) is 22.4 Å². The lowest BCUT2D eigenvalue weighted by molar-refractivity contribution is 0.0948. The minimum atomic E-state index is 0.0326. The number of hydrogen-bond donors (Lipinski definition) is 1. The van der Waals surface area contributed by atoms with Gasteiger partial charge in [-0.05, 0) is 31.6 Å². The van der Waals surface area contributed by atoms with E-state index < -0.39 is 0 Å². The zero-order valence-corrected chi connectivity index (χ0v) is 12.3. The van der Waals surface area contributed by atoms with Crippen molar-refractivity contribution < 1.29 is 4.79 Å². The van der Waals surface area contributed by atoms with Crippen LogP contribution in [0.25, 0.3) is 0 Å². The lowest BCUT2D eigenvalue weighted by atomic mass is 9.98. The number of hydrogen-bond acceptors (Lipinski definition) is 3. The molecule has 1 aromatic rings. The number of carbonyl (C=O) groups excluding carboxylic acids is 1. The van der Waals surface area contributed by atoms with Crippen LogP contribution in [0.2, 0.25) is 0 Å². The van der Waals surface area contributed by atoms with Gasteiger partial charge in [0.1, 0.15) is 4.88 Å². The van der Waals surface area contributed by atoms with Crippen molar-refractivity contribution in [2.75, 3.05) is 11.9 Å². The summed E-state index contributed by atoms with van der Waals surface area (Å²) >= 11 is 4.97. The summed E-state index contributed by atoms with van der Waals surface area (Å²) < 4.78 is 0. The summed E-state index contributed by atoms with van der Waals surface area (Å²) in [7, 11) is 0. The predicted octanol–water partition coefficient (Wildman–Crippen LogP) is 2.99. The second-order valence-electron chi connectivity index (χ2n) is 4.58. The molecule has 1 heterocycles. The van der Waals surface area contributed by atoms with Crippen molar-refractivity contribution >= 4 is 33.2 Å². The third-order valence-electron chi connectivity index (χ3n) is 3.49. The molecule has 1 aliphatic carbocycles. The maximum atomic E-state index is 11.9. The number of aryl methyl sites for hydroxylation is 1. The quantitative estimate of drug-likeness (QED) is 0.868. The lowest BCUT2D eigenvalue weighted by Crippen LogP contribution is -2.31. The Balaban J connectivity index is 1.86. The summed E-state index contributed by atoms with van der Waals surface area (Å²) in [4.78, 5) is 16.8. The van der Waals surface area contributed by atoms with Gasteiger partial charge in [0.25, 0.3) is 5.91 Å². The number of thiazole rings is 1. The van der Waals surface area contributed by atoms with Crippen molar-refractivity contribution in [3.63, 3.8) is 0 Å². The smallest absolute Gasteiger partial charge is 0.263 e. The van der Waals surface area contributed by atoms with E-state index in [0.717, 1.165) is 28.4 Å². The molecule has 0 aromatic carbocycles. The highest BCUT2D eigenvalue weighted by atomic mass is 79.9. The van der Waals surface area contributed by atoms with E-state index in [1.54, 1.807) is 5.51 Å². The van der Waals surface area contributed by atoms with Gasteiger partial charge in [-0.2, -0.15) is 0 Å². The Hall–Kier alpha value is -0.420. The van der Waals surface area contributed by atoms with E-state index in [4.69, 9.17) is 0 Å². The normalized spacial score (nSPS) is 23.9. The van der Waals surface area contributed by atoms with Gasteiger partial charge < -0.3 is 5.32 Å². The molecule has 2 rings (SSSR count). The Morgan fingerprint density at radius 2 is 2.35 bits per heavy atom. The van der Waals surface area contributed by atoms with Crippen LogP contribution in [0.4, 0.5) is 0 Å². The van der Waals surface area contributed by atoms with Crippen LogP contribution in [0.3, 0.4) is 0 Å². The summed E-state index contributed by atoms with van der Waals surface area (Å²) in [6.07, 6.45) is 3.81. The fourth-order valence-electron chi connectivity index (χ4n) is 2.41. The van der Waals surface area contributed by atoms with Crippen molar-refractivity contribution in [2.45, 2.75) is 26.2 Å². The highest BCUT2D eigenvalue weighted by Gasteiger charge is 2.26. The van der Waals surface area contributed by atoms with Crippen LogP contribution in [-0.2, 0) is 0 Å². The van der Waals surface area contributed by atoms with Crippen LogP contribution in [0, 0.1) is 18.8 Å². The van der Waals surface area contributed by atoms with Crippen LogP contribution in [-0.4, -0.2) is 22.8 Å². The second-order valence-corrected chi connectivity index (χ2v) is 6.08. The standard InChI is InChI=1S/C12H17BrN2OS/c1-8-11(17-7-15-8)12(16)14-6-10-4-2-3-9(10)5-13/h7,9-10H,2-6H2,1H3,(H,14,16). The molecule has 1 aromatic heterocycles. The van der Waals surface area contributed by atoms with Gasteiger partial charge in [-0.3, -0.25) is 4.79 Å². The van der Waals surface area contributed by atoms with Gasteiger partial charge >= 0.3 is 0 Å². The average Bonchev–Trinajstić information content (AvgIpc) is 2.94. The first-order valence-electron chi connectivity index (χ1n) is 5.96. The van der Waals surface area contributed by atoms with E-state index >= 15 is 0 Å². The monoisotopic (exact) mass is 316 g/mol. The van der Waals surface area contributed by atoms with Crippen molar-refractivity contribution in [3.05, 3.63) is 16.1 Å². The molecule has 5 heteroatoms. The number of rotatable bonds is 4. The first-order valence-corrected chi connectivity index (χ1v) is 7.96. The van der Waals surface area contributed by atoms with E-state index in [-0.39, 0.29) is 5.91 Å². The molecule has 1 N–H and O–H groups in total. The molecule has 2 unspecified atom stereocenters. The van der Waals surface area contributed by atoms with Gasteiger partial charge in [0, 0.05) is 11.9 Å². The molecule has 0 radical (unpaired) electrons. The lowest BCUT2D eigenvalue weighted by Gasteiger charge is -2.17. The summed E-state index contributed by atoms with van der Waals surface area (Å²) in [5, 5.41) is 4.09. The number of carbonyl (C=O) groups is 1. The van der Waals surface area contributed by atoms with Crippen molar-refractivity contribution in [2.24, 2.45) is 11.8 Å². The molecular formula is C12H17BrN2OS. The zero-order valence-electron chi connectivity index (χ0n) is 9.91. The van der Waals surface area contributed by atoms with Crippen molar-refractivity contribution in [1.82, 2.24) is 10.3 Å². The van der Waals surface area contributed by atoms with E-state index in [2.05, 4.69) is 26.2 Å². The SMILES string of the molecule is Cc1ncsc1C(=O)NCC1CCCC1CBr. The number of alkyl halides is 1. The Kier molecular flexibility index (Phi) is 4.56. The zero-order chi connectivity index (χ0) is 12.3. The molecule has 0 spiro atoms. The van der Waals surface area contributed by atoms with E-state index in [9.17, 15) is 4.79 Å². The maximum Gasteiger partial charge on any atom is 0.263 e. The molecule has 0 saturated heterocycles. The van der Waals surface area contributed by atoms with Gasteiger partial charge in [0.2, 0.25) is 0 Å². The van der Waals surface area contributed by atoms with Gasteiger partial charge in [0.05, 0.1) is 11.2 Å². The Labute approximate surface area is 114 Å². The third-order valence-corrected chi connectivity index (χ3v) is 5.25. The molecule has 0 bridgehead atoms. The second kappa shape index (κ2) is 5.96. The molecule has 0 aliphatic heterocycles. The molecule has 1 amide bonds. The van der Waals surface area contributed by atoms with Crippen LogP contribution in [0.15, 0.2) is 5.51 Å². The number of nitrogens with zero attached hydrogens (tertiary/aromatic N) is 1. The van der Waals surface area contributed by atoms with Crippen LogP contribution < -0.4 is 5.32 Å². The molecular weight excluding hydrogens is 300 g/mol. The minimum absolute atomic E-state index is 0.0326. The van der Waals surface area contributed by atoms with E-state index in [1.807, 2.05) is 6.92 Å². The Bertz CT molecular complexity index is 394. The average molecular weight is 317 g/mol. The maximum absolute atomic E-state index is 11.9. The number of amides is 1. The number of halogens is 1. The van der Waals surface area contributed by atoms with Crippen LogP contribution in [0.5, 0.6) is 0 Å². The Morgan fingerprint density at radius 1 is 1.59 bits per heavy atom. The molecule has 3 nitrogen and oxygen atoms in total. The first-order chi connectivity index (χ1) is 8.22. The Morgan fingerprint density at radius 3 is 3.00 bits per heavy atom. The fraction of sp³-hybridized carbons (Fsp3) is 0.667. The highest BCUT2D eigenvalue weighted by molar-refractivity contribution is 9.09. The summed E-state index contributed by atoms with van der Waals surface area (Å²) in [6.45, 7) is 2.68. The van der Waals surface area contributed by atoms with E-state index in [0.29, 0.717) is 5.92 Å². The van der Waals surface area contributed by atoms with Crippen LogP contribution >= 0.6 is 27.3 Å².